The van der Waals surface area contributed by atoms with Crippen LogP contribution in [0.3, 0.4) is 0 Å². The molecule has 2 fully saturated rings. The molecule has 0 radical (unpaired) electrons. The van der Waals surface area contributed by atoms with Crippen molar-refractivity contribution >= 4 is 33.8 Å². The number of aromatic nitrogens is 4. The first-order valence-electron chi connectivity index (χ1n) is 11.9. The Bertz CT molecular complexity index is 1400. The van der Waals surface area contributed by atoms with Crippen LogP contribution in [0.4, 0.5) is 15.8 Å². The lowest BCUT2D eigenvalue weighted by molar-refractivity contribution is 0.102. The summed E-state index contributed by atoms with van der Waals surface area (Å²) in [6, 6.07) is 6.45. The molecule has 34 heavy (non-hydrogen) atoms. The summed E-state index contributed by atoms with van der Waals surface area (Å²) in [7, 11) is 1.86. The van der Waals surface area contributed by atoms with Gasteiger partial charge in [-0.15, -0.1) is 0 Å². The van der Waals surface area contributed by atoms with Crippen LogP contribution in [-0.2, 0) is 7.05 Å². The summed E-state index contributed by atoms with van der Waals surface area (Å²) < 4.78 is 17.8. The van der Waals surface area contributed by atoms with Gasteiger partial charge in [0.1, 0.15) is 5.52 Å². The number of carbonyl (C=O) groups excluding carboxylic acids is 1. The maximum Gasteiger partial charge on any atom is 0.257 e. The lowest BCUT2D eigenvalue weighted by Gasteiger charge is -2.34. The molecule has 2 aliphatic rings. The number of piperidine rings is 1. The van der Waals surface area contributed by atoms with Crippen LogP contribution in [0.5, 0.6) is 0 Å². The molecule has 1 saturated carbocycles. The maximum absolute atomic E-state index is 14.5. The Hall–Kier alpha value is -3.46. The second kappa shape index (κ2) is 8.09. The first kappa shape index (κ1) is 21.1. The van der Waals surface area contributed by atoms with Crippen LogP contribution in [-0.4, -0.2) is 50.2 Å². The summed E-state index contributed by atoms with van der Waals surface area (Å²) in [6.07, 6.45) is 10.2. The van der Waals surface area contributed by atoms with Gasteiger partial charge in [-0.05, 0) is 44.7 Å². The van der Waals surface area contributed by atoms with E-state index in [0.717, 1.165) is 43.0 Å². The summed E-state index contributed by atoms with van der Waals surface area (Å²) in [4.78, 5) is 19.8. The van der Waals surface area contributed by atoms with E-state index < -0.39 is 5.82 Å². The van der Waals surface area contributed by atoms with Crippen molar-refractivity contribution in [2.75, 3.05) is 23.3 Å². The van der Waals surface area contributed by atoms with Crippen molar-refractivity contribution in [2.24, 2.45) is 7.05 Å². The van der Waals surface area contributed by atoms with Crippen molar-refractivity contribution in [3.8, 4) is 0 Å². The summed E-state index contributed by atoms with van der Waals surface area (Å²) in [5.74, 6) is -0.804. The minimum Gasteiger partial charge on any atom is -0.371 e. The first-order chi connectivity index (χ1) is 16.4. The van der Waals surface area contributed by atoms with E-state index in [1.54, 1.807) is 28.4 Å². The smallest absolute Gasteiger partial charge is 0.257 e. The molecule has 0 bridgehead atoms. The van der Waals surface area contributed by atoms with E-state index in [1.807, 2.05) is 25.4 Å². The molecule has 0 unspecified atom stereocenters. The van der Waals surface area contributed by atoms with Crippen LogP contribution >= 0.6 is 0 Å². The standard InChI is InChI=1S/C25H28FN7O/c1-15-12-33-13-18(11-21(26)24(33)27-15)29-25(34)19-5-6-22(20-14-31(2)30-23(19)20)32-9-7-17(8-10-32)28-16-3-4-16/h5-6,11-14,16-17,28H,3-4,7-10H2,1-2H3,(H,29,34). The Labute approximate surface area is 196 Å². The largest absolute Gasteiger partial charge is 0.371 e. The Morgan fingerprint density at radius 2 is 1.85 bits per heavy atom. The zero-order valence-electron chi connectivity index (χ0n) is 19.4. The van der Waals surface area contributed by atoms with E-state index in [1.165, 1.54) is 18.9 Å². The van der Waals surface area contributed by atoms with Crippen LogP contribution in [0.1, 0.15) is 41.7 Å². The Kier molecular flexibility index (Phi) is 5.02. The molecule has 1 amide bonds. The topological polar surface area (TPSA) is 79.5 Å². The number of halogens is 1. The molecular weight excluding hydrogens is 433 g/mol. The highest BCUT2D eigenvalue weighted by Crippen LogP contribution is 2.32. The number of amides is 1. The maximum atomic E-state index is 14.5. The van der Waals surface area contributed by atoms with Crippen LogP contribution in [0.25, 0.3) is 16.6 Å². The van der Waals surface area contributed by atoms with Crippen molar-refractivity contribution in [1.82, 2.24) is 24.5 Å². The number of benzene rings is 1. The Morgan fingerprint density at radius 3 is 2.62 bits per heavy atom. The average Bonchev–Trinajstić information content (AvgIpc) is 3.40. The number of fused-ring (bicyclic) bond motifs is 2. The molecule has 8 nitrogen and oxygen atoms in total. The molecule has 2 N–H and O–H groups in total. The predicted octanol–water partition coefficient (Wildman–Crippen LogP) is 3.64. The average molecular weight is 462 g/mol. The number of hydrogen-bond donors (Lipinski definition) is 2. The summed E-state index contributed by atoms with van der Waals surface area (Å²) in [5, 5.41) is 12.1. The number of hydrogen-bond acceptors (Lipinski definition) is 5. The van der Waals surface area contributed by atoms with Crippen molar-refractivity contribution in [2.45, 2.75) is 44.7 Å². The van der Waals surface area contributed by atoms with E-state index >= 15 is 0 Å². The number of carbonyl (C=O) groups is 1. The van der Waals surface area contributed by atoms with Crippen molar-refractivity contribution in [1.29, 1.82) is 0 Å². The van der Waals surface area contributed by atoms with Crippen molar-refractivity contribution < 1.29 is 9.18 Å². The third-order valence-electron chi connectivity index (χ3n) is 6.78. The Balaban J connectivity index is 1.26. The summed E-state index contributed by atoms with van der Waals surface area (Å²) in [6.45, 7) is 3.75. The summed E-state index contributed by atoms with van der Waals surface area (Å²) in [5.41, 5.74) is 3.53. The molecule has 9 heteroatoms. The number of anilines is 2. The zero-order valence-corrected chi connectivity index (χ0v) is 19.4. The van der Waals surface area contributed by atoms with E-state index in [9.17, 15) is 9.18 Å². The number of nitrogens with one attached hydrogen (secondary N) is 2. The van der Waals surface area contributed by atoms with Gasteiger partial charge in [0.15, 0.2) is 11.5 Å². The first-order valence-corrected chi connectivity index (χ1v) is 11.9. The van der Waals surface area contributed by atoms with Crippen molar-refractivity contribution in [3.05, 3.63) is 53.9 Å². The molecular formula is C25H28FN7O. The minimum atomic E-state index is -0.483. The molecule has 0 spiro atoms. The number of nitrogens with zero attached hydrogens (tertiary/aromatic N) is 5. The van der Waals surface area contributed by atoms with E-state index in [-0.39, 0.29) is 11.6 Å². The van der Waals surface area contributed by atoms with Gasteiger partial charge in [-0.2, -0.15) is 5.10 Å². The van der Waals surface area contributed by atoms with Gasteiger partial charge < -0.3 is 19.9 Å². The lowest BCUT2D eigenvalue weighted by Crippen LogP contribution is -2.43. The van der Waals surface area contributed by atoms with Gasteiger partial charge in [-0.3, -0.25) is 9.48 Å². The molecule has 3 aromatic heterocycles. The third kappa shape index (κ3) is 3.90. The van der Waals surface area contributed by atoms with E-state index in [0.29, 0.717) is 28.5 Å². The molecule has 4 aromatic rings. The van der Waals surface area contributed by atoms with Gasteiger partial charge >= 0.3 is 0 Å². The fraction of sp³-hybridized carbons (Fsp3) is 0.400. The molecule has 6 rings (SSSR count). The SMILES string of the molecule is Cc1cn2cc(NC(=O)c3ccc(N4CCC(NC5CC5)CC4)c4cn(C)nc34)cc(F)c2n1. The van der Waals surface area contributed by atoms with Gasteiger partial charge in [0.2, 0.25) is 0 Å². The van der Waals surface area contributed by atoms with Gasteiger partial charge in [-0.25, -0.2) is 9.37 Å². The monoisotopic (exact) mass is 461 g/mol. The van der Waals surface area contributed by atoms with Crippen LogP contribution < -0.4 is 15.5 Å². The second-order valence-corrected chi connectivity index (χ2v) is 9.54. The minimum absolute atomic E-state index is 0.239. The Morgan fingerprint density at radius 1 is 1.09 bits per heavy atom. The fourth-order valence-corrected chi connectivity index (χ4v) is 4.98. The molecule has 0 atom stereocenters. The number of pyridine rings is 1. The third-order valence-corrected chi connectivity index (χ3v) is 6.78. The van der Waals surface area contributed by atoms with Crippen LogP contribution in [0.15, 0.2) is 36.8 Å². The predicted molar refractivity (Wildman–Crippen MR) is 130 cm³/mol. The molecule has 1 aromatic carbocycles. The molecule has 1 saturated heterocycles. The fourth-order valence-electron chi connectivity index (χ4n) is 4.98. The number of aryl methyl sites for hydroxylation is 2. The zero-order chi connectivity index (χ0) is 23.4. The molecule has 4 heterocycles. The van der Waals surface area contributed by atoms with Crippen LogP contribution in [0.2, 0.25) is 0 Å². The van der Waals surface area contributed by atoms with E-state index in [2.05, 4.69) is 25.6 Å². The highest BCUT2D eigenvalue weighted by molar-refractivity contribution is 6.13. The van der Waals surface area contributed by atoms with Gasteiger partial charge in [0, 0.05) is 68.0 Å². The normalized spacial score (nSPS) is 17.1. The van der Waals surface area contributed by atoms with Gasteiger partial charge in [0.25, 0.3) is 5.91 Å². The quantitative estimate of drug-likeness (QED) is 0.474. The molecule has 1 aliphatic heterocycles. The van der Waals surface area contributed by atoms with Gasteiger partial charge in [0.05, 0.1) is 16.9 Å². The lowest BCUT2D eigenvalue weighted by atomic mass is 10.0. The van der Waals surface area contributed by atoms with Crippen molar-refractivity contribution in [3.63, 3.8) is 0 Å². The number of imidazole rings is 1. The van der Waals surface area contributed by atoms with Crippen LogP contribution in [0, 0.1) is 12.7 Å². The summed E-state index contributed by atoms with van der Waals surface area (Å²) >= 11 is 0. The second-order valence-electron chi connectivity index (χ2n) is 9.54. The highest BCUT2D eigenvalue weighted by atomic mass is 19.1. The molecule has 176 valence electrons. The number of rotatable bonds is 5. The van der Waals surface area contributed by atoms with E-state index in [4.69, 9.17) is 0 Å². The van der Waals surface area contributed by atoms with Gasteiger partial charge in [-0.1, -0.05) is 0 Å². The molecule has 1 aliphatic carbocycles. The highest BCUT2D eigenvalue weighted by Gasteiger charge is 2.28.